The van der Waals surface area contributed by atoms with Crippen molar-refractivity contribution in [3.05, 3.63) is 29.6 Å². The van der Waals surface area contributed by atoms with Crippen LogP contribution in [-0.4, -0.2) is 25.2 Å². The molecular formula is C16H25F3NO3S+. The van der Waals surface area contributed by atoms with Gasteiger partial charge in [0.15, 0.2) is 11.9 Å². The first kappa shape index (κ1) is 22.7. The normalized spacial score (nSPS) is 11.0. The molecular weight excluding hydrogens is 343 g/mol. The summed E-state index contributed by atoms with van der Waals surface area (Å²) in [5.41, 5.74) is -1.97. The molecule has 24 heavy (non-hydrogen) atoms. The lowest BCUT2D eigenvalue weighted by atomic mass is 10.1. The van der Waals surface area contributed by atoms with Gasteiger partial charge in [0.25, 0.3) is 0 Å². The zero-order valence-electron chi connectivity index (χ0n) is 14.6. The fraction of sp³-hybridized carbons (Fsp3) is 0.625. The maximum absolute atomic E-state index is 11.4. The molecule has 0 unspecified atom stereocenters. The van der Waals surface area contributed by atoms with Gasteiger partial charge >= 0.3 is 11.5 Å². The summed E-state index contributed by atoms with van der Waals surface area (Å²) in [4.78, 5) is 11.4. The Morgan fingerprint density at radius 1 is 1.33 bits per heavy atom. The number of alkyl halides is 3. The molecule has 4 nitrogen and oxygen atoms in total. The average Bonchev–Trinajstić information content (AvgIpc) is 2.46. The number of nitrogens with zero attached hydrogens (tertiary/aromatic N) is 1. The Bertz CT molecular complexity index is 508. The molecule has 0 bridgehead atoms. The predicted molar refractivity (Wildman–Crippen MR) is 87.4 cm³/mol. The molecule has 1 rings (SSSR count). The van der Waals surface area contributed by atoms with E-state index in [1.54, 1.807) is 0 Å². The van der Waals surface area contributed by atoms with E-state index in [1.807, 2.05) is 19.2 Å². The summed E-state index contributed by atoms with van der Waals surface area (Å²) in [5.74, 6) is 0.300. The zero-order valence-corrected chi connectivity index (χ0v) is 15.5. The molecule has 0 spiro atoms. The fourth-order valence-electron chi connectivity index (χ4n) is 1.96. The van der Waals surface area contributed by atoms with Crippen LogP contribution >= 0.6 is 12.0 Å². The third-order valence-electron chi connectivity index (χ3n) is 2.90. The third kappa shape index (κ3) is 9.77. The van der Waals surface area contributed by atoms with Gasteiger partial charge < -0.3 is 8.92 Å². The van der Waals surface area contributed by atoms with E-state index >= 15 is 0 Å². The van der Waals surface area contributed by atoms with E-state index in [2.05, 4.69) is 35.6 Å². The SMILES string of the molecule is CCOC(=O)Cc1cc[n+](CC)c(C(C)C)c1.COSC(F)(F)F. The van der Waals surface area contributed by atoms with Crippen LogP contribution in [0.4, 0.5) is 13.2 Å². The van der Waals surface area contributed by atoms with Crippen LogP contribution in [0.15, 0.2) is 18.3 Å². The van der Waals surface area contributed by atoms with E-state index in [-0.39, 0.29) is 5.97 Å². The predicted octanol–water partition coefficient (Wildman–Crippen LogP) is 4.02. The van der Waals surface area contributed by atoms with Crippen molar-refractivity contribution in [2.24, 2.45) is 0 Å². The second-order valence-electron chi connectivity index (χ2n) is 5.08. The van der Waals surface area contributed by atoms with Gasteiger partial charge in [0, 0.05) is 18.1 Å². The van der Waals surface area contributed by atoms with Crippen LogP contribution in [0.3, 0.4) is 0 Å². The quantitative estimate of drug-likeness (QED) is 0.432. The molecule has 1 aromatic rings. The zero-order chi connectivity index (χ0) is 18.8. The van der Waals surface area contributed by atoms with Crippen molar-refractivity contribution in [2.75, 3.05) is 13.7 Å². The number of aryl methyl sites for hydroxylation is 1. The molecule has 0 aromatic carbocycles. The molecule has 0 N–H and O–H groups in total. The number of aromatic nitrogens is 1. The molecule has 0 aliphatic carbocycles. The average molecular weight is 368 g/mol. The highest BCUT2D eigenvalue weighted by Gasteiger charge is 2.28. The number of esters is 1. The van der Waals surface area contributed by atoms with Crippen molar-refractivity contribution in [2.45, 2.75) is 52.1 Å². The molecule has 0 atom stereocenters. The third-order valence-corrected chi connectivity index (χ3v) is 3.25. The molecule has 8 heteroatoms. The minimum absolute atomic E-state index is 0.156. The molecule has 0 aliphatic heterocycles. The van der Waals surface area contributed by atoms with Crippen molar-refractivity contribution < 1.29 is 31.5 Å². The smallest absolute Gasteiger partial charge is 0.466 e. The topological polar surface area (TPSA) is 39.4 Å². The minimum Gasteiger partial charge on any atom is -0.466 e. The summed E-state index contributed by atoms with van der Waals surface area (Å²) in [6.07, 6.45) is 2.40. The number of carbonyl (C=O) groups excluding carboxylic acids is 1. The highest BCUT2D eigenvalue weighted by molar-refractivity contribution is 7.95. The lowest BCUT2D eigenvalue weighted by Crippen LogP contribution is -2.37. The van der Waals surface area contributed by atoms with Crippen molar-refractivity contribution in [1.82, 2.24) is 0 Å². The van der Waals surface area contributed by atoms with Gasteiger partial charge in [-0.05, 0) is 19.4 Å². The Balaban J connectivity index is 0.000000640. The Labute approximate surface area is 145 Å². The van der Waals surface area contributed by atoms with Crippen LogP contribution in [0, 0.1) is 0 Å². The Kier molecular flexibility index (Phi) is 10.7. The molecule has 0 radical (unpaired) electrons. The van der Waals surface area contributed by atoms with Gasteiger partial charge in [0.05, 0.1) is 20.1 Å². The number of hydrogen-bond acceptors (Lipinski definition) is 4. The van der Waals surface area contributed by atoms with Crippen LogP contribution in [0.1, 0.15) is 44.9 Å². The van der Waals surface area contributed by atoms with Gasteiger partial charge in [-0.15, -0.1) is 0 Å². The maximum atomic E-state index is 11.4. The van der Waals surface area contributed by atoms with Gasteiger partial charge in [-0.1, -0.05) is 13.8 Å². The molecule has 0 fully saturated rings. The summed E-state index contributed by atoms with van der Waals surface area (Å²) < 4.78 is 43.5. The molecule has 138 valence electrons. The van der Waals surface area contributed by atoms with Crippen molar-refractivity contribution in [3.63, 3.8) is 0 Å². The number of rotatable bonds is 6. The largest absolute Gasteiger partial charge is 0.467 e. The van der Waals surface area contributed by atoms with Crippen LogP contribution in [0.25, 0.3) is 0 Å². The number of carbonyl (C=O) groups is 1. The van der Waals surface area contributed by atoms with Crippen molar-refractivity contribution in [1.29, 1.82) is 0 Å². The molecule has 0 amide bonds. The van der Waals surface area contributed by atoms with E-state index in [0.717, 1.165) is 19.2 Å². The van der Waals surface area contributed by atoms with Gasteiger partial charge in [0.2, 0.25) is 0 Å². The standard InChI is InChI=1S/C14H22NO2.C2H3F3OS/c1-5-15-8-7-12(9-13(15)11(3)4)10-14(16)17-6-2;1-6-7-2(3,4)5/h7-9,11H,5-6,10H2,1-4H3;1H3/q+1;. The van der Waals surface area contributed by atoms with E-state index in [9.17, 15) is 18.0 Å². The monoisotopic (exact) mass is 368 g/mol. The van der Waals surface area contributed by atoms with Gasteiger partial charge in [-0.25, -0.2) is 4.57 Å². The van der Waals surface area contributed by atoms with Crippen molar-refractivity contribution in [3.8, 4) is 0 Å². The van der Waals surface area contributed by atoms with Gasteiger partial charge in [-0.2, -0.15) is 13.2 Å². The first-order valence-corrected chi connectivity index (χ1v) is 8.35. The summed E-state index contributed by atoms with van der Waals surface area (Å²) >= 11 is -0.512. The Hall–Kier alpha value is -1.28. The van der Waals surface area contributed by atoms with E-state index in [1.165, 1.54) is 5.69 Å². The first-order chi connectivity index (χ1) is 11.1. The van der Waals surface area contributed by atoms with Crippen LogP contribution < -0.4 is 4.57 Å². The highest BCUT2D eigenvalue weighted by atomic mass is 32.2. The Morgan fingerprint density at radius 3 is 2.33 bits per heavy atom. The number of ether oxygens (including phenoxy) is 1. The molecule has 1 heterocycles. The lowest BCUT2D eigenvalue weighted by molar-refractivity contribution is -0.701. The molecule has 1 aromatic heterocycles. The Morgan fingerprint density at radius 2 is 1.96 bits per heavy atom. The second kappa shape index (κ2) is 11.3. The first-order valence-electron chi connectivity index (χ1n) is 7.60. The molecule has 0 saturated carbocycles. The minimum atomic E-state index is -4.26. The number of halogens is 3. The molecule has 0 aliphatic rings. The summed E-state index contributed by atoms with van der Waals surface area (Å²) in [6.45, 7) is 9.67. The second-order valence-corrected chi connectivity index (χ2v) is 6.04. The van der Waals surface area contributed by atoms with E-state index in [4.69, 9.17) is 4.74 Å². The van der Waals surface area contributed by atoms with Gasteiger partial charge in [0.1, 0.15) is 18.6 Å². The maximum Gasteiger partial charge on any atom is 0.467 e. The lowest BCUT2D eigenvalue weighted by Gasteiger charge is -2.07. The number of hydrogen-bond donors (Lipinski definition) is 0. The van der Waals surface area contributed by atoms with Gasteiger partial charge in [-0.3, -0.25) is 4.79 Å². The summed E-state index contributed by atoms with van der Waals surface area (Å²) in [6, 6.07) is 4.09. The van der Waals surface area contributed by atoms with E-state index in [0.29, 0.717) is 18.9 Å². The number of pyridine rings is 1. The van der Waals surface area contributed by atoms with Crippen LogP contribution in [0.2, 0.25) is 0 Å². The van der Waals surface area contributed by atoms with Crippen LogP contribution in [0.5, 0.6) is 0 Å². The summed E-state index contributed by atoms with van der Waals surface area (Å²) in [7, 11) is 0.970. The van der Waals surface area contributed by atoms with E-state index < -0.39 is 17.6 Å². The summed E-state index contributed by atoms with van der Waals surface area (Å²) in [5, 5.41) is 0. The van der Waals surface area contributed by atoms with Crippen molar-refractivity contribution >= 4 is 18.0 Å². The van der Waals surface area contributed by atoms with Crippen LogP contribution in [-0.2, 0) is 26.7 Å². The molecule has 0 saturated heterocycles. The fourth-order valence-corrected chi connectivity index (χ4v) is 2.15. The highest BCUT2D eigenvalue weighted by Crippen LogP contribution is 2.29.